The molecule has 0 aromatic rings. The van der Waals surface area contributed by atoms with Crippen LogP contribution in [-0.2, 0) is 0 Å². The molecule has 0 heterocycles. The summed E-state index contributed by atoms with van der Waals surface area (Å²) in [7, 11) is 0. The van der Waals surface area contributed by atoms with Crippen LogP contribution in [0.15, 0.2) is 0 Å². The minimum absolute atomic E-state index is 0.439. The summed E-state index contributed by atoms with van der Waals surface area (Å²) in [6, 6.07) is 0. The first-order chi connectivity index (χ1) is 6.28. The van der Waals surface area contributed by atoms with E-state index < -0.39 is 0 Å². The van der Waals surface area contributed by atoms with Crippen molar-refractivity contribution in [3.8, 4) is 0 Å². The van der Waals surface area contributed by atoms with Crippen molar-refractivity contribution in [2.24, 2.45) is 0 Å². The van der Waals surface area contributed by atoms with Crippen molar-refractivity contribution in [3.05, 3.63) is 0 Å². The summed E-state index contributed by atoms with van der Waals surface area (Å²) in [6.07, 6.45) is 3.12. The second-order valence-electron chi connectivity index (χ2n) is 3.20. The number of rotatable bonds is 8. The van der Waals surface area contributed by atoms with Crippen LogP contribution in [0.3, 0.4) is 0 Å². The normalized spacial score (nSPS) is 15.7. The Bertz CT molecular complexity index is 94.3. The predicted molar refractivity (Wildman–Crippen MR) is 58.6 cm³/mol. The number of hydrogen-bond acceptors (Lipinski definition) is 3. The second kappa shape index (κ2) is 8.48. The molecule has 2 atom stereocenters. The van der Waals surface area contributed by atoms with Crippen molar-refractivity contribution in [2.75, 3.05) is 13.1 Å². The van der Waals surface area contributed by atoms with E-state index in [1.807, 2.05) is 0 Å². The van der Waals surface area contributed by atoms with Gasteiger partial charge in [0.05, 0.1) is 12.3 Å². The van der Waals surface area contributed by atoms with Gasteiger partial charge in [0.25, 0.3) is 0 Å². The van der Waals surface area contributed by atoms with Gasteiger partial charge in [-0.2, -0.15) is 0 Å². The highest BCUT2D eigenvalue weighted by molar-refractivity contribution is 4.68. The molecule has 0 saturated carbocycles. The first kappa shape index (κ1) is 12.9. The van der Waals surface area contributed by atoms with Crippen molar-refractivity contribution in [2.45, 2.75) is 52.9 Å². The van der Waals surface area contributed by atoms with Crippen LogP contribution >= 0.6 is 0 Å². The van der Waals surface area contributed by atoms with Crippen LogP contribution < -0.4 is 16.0 Å². The van der Waals surface area contributed by atoms with Gasteiger partial charge in [-0.15, -0.1) is 0 Å². The van der Waals surface area contributed by atoms with Gasteiger partial charge in [0, 0.05) is 0 Å². The molecule has 3 N–H and O–H groups in total. The standard InChI is InChI=1S/C10H25N3/c1-5-9(11-7-3)13-10(6-2)12-8-4/h9-13H,5-8H2,1-4H3. The third kappa shape index (κ3) is 6.02. The van der Waals surface area contributed by atoms with Crippen LogP contribution in [-0.4, -0.2) is 25.4 Å². The average molecular weight is 187 g/mol. The van der Waals surface area contributed by atoms with E-state index in [4.69, 9.17) is 0 Å². The Hall–Kier alpha value is -0.120. The van der Waals surface area contributed by atoms with E-state index in [2.05, 4.69) is 43.6 Å². The molecular formula is C10H25N3. The fourth-order valence-electron chi connectivity index (χ4n) is 1.38. The second-order valence-corrected chi connectivity index (χ2v) is 3.20. The zero-order valence-electron chi connectivity index (χ0n) is 9.48. The van der Waals surface area contributed by atoms with E-state index in [-0.39, 0.29) is 0 Å². The highest BCUT2D eigenvalue weighted by atomic mass is 15.2. The van der Waals surface area contributed by atoms with Crippen LogP contribution in [0.25, 0.3) is 0 Å². The van der Waals surface area contributed by atoms with Gasteiger partial charge in [0.1, 0.15) is 0 Å². The fourth-order valence-corrected chi connectivity index (χ4v) is 1.38. The average Bonchev–Trinajstić information content (AvgIpc) is 2.16. The Labute approximate surface area is 82.7 Å². The zero-order chi connectivity index (χ0) is 10.1. The predicted octanol–water partition coefficient (Wildman–Crippen LogP) is 1.27. The molecule has 0 aliphatic carbocycles. The Balaban J connectivity index is 3.73. The third-order valence-corrected chi connectivity index (χ3v) is 2.12. The Morgan fingerprint density at radius 3 is 1.38 bits per heavy atom. The summed E-state index contributed by atoms with van der Waals surface area (Å²) in [5, 5.41) is 10.3. The molecule has 3 heteroatoms. The quantitative estimate of drug-likeness (QED) is 0.501. The van der Waals surface area contributed by atoms with Crippen LogP contribution in [0.5, 0.6) is 0 Å². The smallest absolute Gasteiger partial charge is 0.0580 e. The lowest BCUT2D eigenvalue weighted by Crippen LogP contribution is -2.52. The maximum Gasteiger partial charge on any atom is 0.0580 e. The van der Waals surface area contributed by atoms with Gasteiger partial charge in [0.15, 0.2) is 0 Å². The fraction of sp³-hybridized carbons (Fsp3) is 1.00. The molecule has 13 heavy (non-hydrogen) atoms. The van der Waals surface area contributed by atoms with Crippen LogP contribution in [0, 0.1) is 0 Å². The largest absolute Gasteiger partial charge is 0.302 e. The van der Waals surface area contributed by atoms with Gasteiger partial charge in [-0.05, 0) is 25.9 Å². The molecule has 0 aromatic heterocycles. The first-order valence-electron chi connectivity index (χ1n) is 5.51. The maximum atomic E-state index is 3.53. The summed E-state index contributed by atoms with van der Waals surface area (Å²) in [5.74, 6) is 0. The Morgan fingerprint density at radius 2 is 1.15 bits per heavy atom. The molecule has 0 radical (unpaired) electrons. The van der Waals surface area contributed by atoms with E-state index in [9.17, 15) is 0 Å². The third-order valence-electron chi connectivity index (χ3n) is 2.12. The minimum Gasteiger partial charge on any atom is -0.302 e. The summed E-state index contributed by atoms with van der Waals surface area (Å²) in [5.41, 5.74) is 0. The highest BCUT2D eigenvalue weighted by Gasteiger charge is 2.09. The van der Waals surface area contributed by atoms with E-state index in [1.54, 1.807) is 0 Å². The molecule has 0 spiro atoms. The van der Waals surface area contributed by atoms with Gasteiger partial charge in [-0.3, -0.25) is 5.32 Å². The molecule has 0 amide bonds. The summed E-state index contributed by atoms with van der Waals surface area (Å²) >= 11 is 0. The minimum atomic E-state index is 0.439. The van der Waals surface area contributed by atoms with Crippen molar-refractivity contribution < 1.29 is 0 Å². The highest BCUT2D eigenvalue weighted by Crippen LogP contribution is 1.91. The van der Waals surface area contributed by atoms with Crippen LogP contribution in [0.1, 0.15) is 40.5 Å². The van der Waals surface area contributed by atoms with Gasteiger partial charge in [-0.1, -0.05) is 27.7 Å². The van der Waals surface area contributed by atoms with Crippen molar-refractivity contribution in [1.29, 1.82) is 0 Å². The summed E-state index contributed by atoms with van der Waals surface area (Å²) in [4.78, 5) is 0. The van der Waals surface area contributed by atoms with E-state index >= 15 is 0 Å². The van der Waals surface area contributed by atoms with Crippen LogP contribution in [0.2, 0.25) is 0 Å². The lowest BCUT2D eigenvalue weighted by Gasteiger charge is -2.25. The zero-order valence-corrected chi connectivity index (χ0v) is 9.48. The lowest BCUT2D eigenvalue weighted by molar-refractivity contribution is 0.325. The van der Waals surface area contributed by atoms with E-state index in [0.717, 1.165) is 25.9 Å². The van der Waals surface area contributed by atoms with Gasteiger partial charge >= 0.3 is 0 Å². The van der Waals surface area contributed by atoms with Gasteiger partial charge < -0.3 is 10.6 Å². The van der Waals surface area contributed by atoms with Crippen molar-refractivity contribution in [3.63, 3.8) is 0 Å². The van der Waals surface area contributed by atoms with Gasteiger partial charge in [-0.25, -0.2) is 0 Å². The molecule has 2 unspecified atom stereocenters. The molecule has 3 nitrogen and oxygen atoms in total. The summed E-state index contributed by atoms with van der Waals surface area (Å²) in [6.45, 7) is 10.7. The molecule has 0 aromatic carbocycles. The lowest BCUT2D eigenvalue weighted by atomic mass is 10.3. The monoisotopic (exact) mass is 187 g/mol. The van der Waals surface area contributed by atoms with Crippen molar-refractivity contribution in [1.82, 2.24) is 16.0 Å². The molecule has 0 rings (SSSR count). The van der Waals surface area contributed by atoms with E-state index in [1.165, 1.54) is 0 Å². The molecule has 0 fully saturated rings. The maximum absolute atomic E-state index is 3.53. The topological polar surface area (TPSA) is 36.1 Å². The van der Waals surface area contributed by atoms with E-state index in [0.29, 0.717) is 12.3 Å². The van der Waals surface area contributed by atoms with Crippen LogP contribution in [0.4, 0.5) is 0 Å². The number of hydrogen-bond donors (Lipinski definition) is 3. The Kier molecular flexibility index (Phi) is 8.40. The molecule has 0 aliphatic heterocycles. The Morgan fingerprint density at radius 1 is 0.769 bits per heavy atom. The molecule has 80 valence electrons. The van der Waals surface area contributed by atoms with Gasteiger partial charge in [0.2, 0.25) is 0 Å². The SMILES string of the molecule is CCNC(CC)NC(CC)NCC. The molecule has 0 saturated heterocycles. The van der Waals surface area contributed by atoms with Crippen molar-refractivity contribution >= 4 is 0 Å². The summed E-state index contributed by atoms with van der Waals surface area (Å²) < 4.78 is 0. The number of nitrogens with one attached hydrogen (secondary N) is 3. The molecular weight excluding hydrogens is 162 g/mol. The molecule has 0 aliphatic rings. The molecule has 0 bridgehead atoms. The first-order valence-corrected chi connectivity index (χ1v) is 5.51.